The second-order valence-corrected chi connectivity index (χ2v) is 5.82. The maximum atomic E-state index is 12.8. The Labute approximate surface area is 131 Å². The van der Waals surface area contributed by atoms with E-state index in [-0.39, 0.29) is 36.1 Å². The lowest BCUT2D eigenvalue weighted by Gasteiger charge is -2.17. The minimum absolute atomic E-state index is 0. The van der Waals surface area contributed by atoms with Gasteiger partial charge in [-0.25, -0.2) is 4.39 Å². The summed E-state index contributed by atoms with van der Waals surface area (Å²) in [6.07, 6.45) is 3.74. The third-order valence-electron chi connectivity index (χ3n) is 4.21. The van der Waals surface area contributed by atoms with Crippen LogP contribution in [0.4, 0.5) is 4.39 Å². The molecule has 0 aliphatic heterocycles. The van der Waals surface area contributed by atoms with Gasteiger partial charge in [0, 0.05) is 19.0 Å². The molecule has 3 nitrogen and oxygen atoms in total. The zero-order chi connectivity index (χ0) is 14.5. The van der Waals surface area contributed by atoms with Gasteiger partial charge in [-0.15, -0.1) is 12.4 Å². The van der Waals surface area contributed by atoms with Crippen LogP contribution in [0.15, 0.2) is 24.3 Å². The molecule has 0 heterocycles. The summed E-state index contributed by atoms with van der Waals surface area (Å²) < 4.78 is 12.8. The quantitative estimate of drug-likeness (QED) is 0.878. The van der Waals surface area contributed by atoms with Crippen molar-refractivity contribution in [2.45, 2.75) is 44.6 Å². The largest absolute Gasteiger partial charge is 0.355 e. The molecule has 0 saturated heterocycles. The molecule has 1 fully saturated rings. The van der Waals surface area contributed by atoms with Crippen LogP contribution in [-0.2, 0) is 4.79 Å². The van der Waals surface area contributed by atoms with Crippen molar-refractivity contribution >= 4 is 18.3 Å². The number of hydrogen-bond donors (Lipinski definition) is 2. The predicted molar refractivity (Wildman–Crippen MR) is 85.0 cm³/mol. The lowest BCUT2D eigenvalue weighted by molar-refractivity contribution is -0.122. The third-order valence-corrected chi connectivity index (χ3v) is 4.21. The van der Waals surface area contributed by atoms with Gasteiger partial charge < -0.3 is 11.1 Å². The number of hydrogen-bond acceptors (Lipinski definition) is 2. The Morgan fingerprint density at radius 1 is 1.38 bits per heavy atom. The number of amides is 1. The molecule has 1 unspecified atom stereocenters. The Morgan fingerprint density at radius 3 is 2.62 bits per heavy atom. The van der Waals surface area contributed by atoms with Crippen LogP contribution in [0.1, 0.15) is 44.1 Å². The van der Waals surface area contributed by atoms with Gasteiger partial charge in [-0.2, -0.15) is 0 Å². The van der Waals surface area contributed by atoms with Gasteiger partial charge in [0.2, 0.25) is 5.91 Å². The van der Waals surface area contributed by atoms with Gasteiger partial charge in [0.1, 0.15) is 5.82 Å². The average Bonchev–Trinajstić information content (AvgIpc) is 2.82. The van der Waals surface area contributed by atoms with Crippen LogP contribution in [0, 0.1) is 11.7 Å². The minimum atomic E-state index is -0.236. The minimum Gasteiger partial charge on any atom is -0.355 e. The van der Waals surface area contributed by atoms with Crippen molar-refractivity contribution in [2.75, 3.05) is 6.54 Å². The predicted octanol–water partition coefficient (Wildman–Crippen LogP) is 2.98. The normalized spacial score (nSPS) is 22.4. The molecule has 0 radical (unpaired) electrons. The second kappa shape index (κ2) is 8.35. The lowest BCUT2D eigenvalue weighted by Crippen LogP contribution is -2.33. The maximum absolute atomic E-state index is 12.8. The number of carbonyl (C=O) groups excluding carboxylic acids is 1. The number of nitrogens with two attached hydrogens (primary N) is 1. The summed E-state index contributed by atoms with van der Waals surface area (Å²) in [4.78, 5) is 11.9. The van der Waals surface area contributed by atoms with E-state index in [0.29, 0.717) is 18.9 Å². The summed E-state index contributed by atoms with van der Waals surface area (Å²) >= 11 is 0. The number of rotatable bonds is 5. The molecular formula is C16H24ClFN2O. The Morgan fingerprint density at radius 2 is 2.05 bits per heavy atom. The highest BCUT2D eigenvalue weighted by molar-refractivity contribution is 5.85. The SMILES string of the molecule is CC(CNC(=O)C[C@@H]1CCC[C@H]1N)c1ccc(F)cc1.Cl. The fourth-order valence-corrected chi connectivity index (χ4v) is 2.81. The molecule has 0 aromatic heterocycles. The molecular weight excluding hydrogens is 291 g/mol. The van der Waals surface area contributed by atoms with Crippen LogP contribution in [-0.4, -0.2) is 18.5 Å². The van der Waals surface area contributed by atoms with Gasteiger partial charge in [-0.3, -0.25) is 4.79 Å². The first kappa shape index (κ1) is 17.9. The van der Waals surface area contributed by atoms with Crippen LogP contribution in [0.3, 0.4) is 0 Å². The molecule has 1 aliphatic carbocycles. The van der Waals surface area contributed by atoms with E-state index in [4.69, 9.17) is 5.73 Å². The van der Waals surface area contributed by atoms with Gasteiger partial charge >= 0.3 is 0 Å². The summed E-state index contributed by atoms with van der Waals surface area (Å²) in [5.41, 5.74) is 7.00. The van der Waals surface area contributed by atoms with Crippen molar-refractivity contribution in [2.24, 2.45) is 11.7 Å². The summed E-state index contributed by atoms with van der Waals surface area (Å²) in [6.45, 7) is 2.60. The number of nitrogens with one attached hydrogen (secondary N) is 1. The van der Waals surface area contributed by atoms with Gasteiger partial charge in [0.15, 0.2) is 0 Å². The number of carbonyl (C=O) groups is 1. The van der Waals surface area contributed by atoms with E-state index < -0.39 is 0 Å². The van der Waals surface area contributed by atoms with Crippen molar-refractivity contribution in [3.8, 4) is 0 Å². The Hall–Kier alpha value is -1.13. The number of benzene rings is 1. The van der Waals surface area contributed by atoms with E-state index in [9.17, 15) is 9.18 Å². The molecule has 0 spiro atoms. The Bertz CT molecular complexity index is 452. The summed E-state index contributed by atoms with van der Waals surface area (Å²) in [5, 5.41) is 2.95. The van der Waals surface area contributed by atoms with Crippen molar-refractivity contribution in [3.63, 3.8) is 0 Å². The summed E-state index contributed by atoms with van der Waals surface area (Å²) in [6, 6.07) is 6.60. The topological polar surface area (TPSA) is 55.1 Å². The van der Waals surface area contributed by atoms with Gasteiger partial charge in [-0.05, 0) is 42.4 Å². The maximum Gasteiger partial charge on any atom is 0.220 e. The molecule has 1 aromatic rings. The highest BCUT2D eigenvalue weighted by Gasteiger charge is 2.25. The summed E-state index contributed by atoms with van der Waals surface area (Å²) in [7, 11) is 0. The van der Waals surface area contributed by atoms with E-state index >= 15 is 0 Å². The van der Waals surface area contributed by atoms with Crippen molar-refractivity contribution < 1.29 is 9.18 Å². The molecule has 5 heteroatoms. The van der Waals surface area contributed by atoms with Crippen LogP contribution in [0.2, 0.25) is 0 Å². The Balaban J connectivity index is 0.00000220. The number of halogens is 2. The van der Waals surface area contributed by atoms with Crippen molar-refractivity contribution in [1.82, 2.24) is 5.32 Å². The highest BCUT2D eigenvalue weighted by atomic mass is 35.5. The molecule has 1 saturated carbocycles. The van der Waals surface area contributed by atoms with Crippen molar-refractivity contribution in [1.29, 1.82) is 0 Å². The molecule has 1 aliphatic rings. The van der Waals surface area contributed by atoms with E-state index in [1.165, 1.54) is 12.1 Å². The fraction of sp³-hybridized carbons (Fsp3) is 0.562. The zero-order valence-corrected chi connectivity index (χ0v) is 13.2. The first-order valence-corrected chi connectivity index (χ1v) is 7.34. The second-order valence-electron chi connectivity index (χ2n) is 5.82. The van der Waals surface area contributed by atoms with Gasteiger partial charge in [0.25, 0.3) is 0 Å². The lowest BCUT2D eigenvalue weighted by atomic mass is 9.99. The van der Waals surface area contributed by atoms with E-state index in [2.05, 4.69) is 5.32 Å². The molecule has 2 rings (SSSR count). The van der Waals surface area contributed by atoms with Crippen LogP contribution in [0.25, 0.3) is 0 Å². The third kappa shape index (κ3) is 5.29. The molecule has 1 amide bonds. The fourth-order valence-electron chi connectivity index (χ4n) is 2.81. The first-order valence-electron chi connectivity index (χ1n) is 7.34. The summed E-state index contributed by atoms with van der Waals surface area (Å²) in [5.74, 6) is 0.342. The molecule has 3 atom stereocenters. The monoisotopic (exact) mass is 314 g/mol. The highest BCUT2D eigenvalue weighted by Crippen LogP contribution is 2.26. The van der Waals surface area contributed by atoms with Gasteiger partial charge in [-0.1, -0.05) is 25.5 Å². The molecule has 118 valence electrons. The molecule has 21 heavy (non-hydrogen) atoms. The molecule has 1 aromatic carbocycles. The van der Waals surface area contributed by atoms with E-state index in [1.54, 1.807) is 12.1 Å². The van der Waals surface area contributed by atoms with E-state index in [0.717, 1.165) is 24.8 Å². The smallest absolute Gasteiger partial charge is 0.220 e. The molecule has 3 N–H and O–H groups in total. The molecule has 0 bridgehead atoms. The van der Waals surface area contributed by atoms with Crippen LogP contribution >= 0.6 is 12.4 Å². The zero-order valence-electron chi connectivity index (χ0n) is 12.3. The van der Waals surface area contributed by atoms with Crippen molar-refractivity contribution in [3.05, 3.63) is 35.6 Å². The average molecular weight is 315 g/mol. The standard InChI is InChI=1S/C16H23FN2O.ClH/c1-11(12-5-7-14(17)8-6-12)10-19-16(20)9-13-3-2-4-15(13)18;/h5-8,11,13,15H,2-4,9-10,18H2,1H3,(H,19,20);1H/t11?,13-,15+;/m0./s1. The van der Waals surface area contributed by atoms with E-state index in [1.807, 2.05) is 6.92 Å². The van der Waals surface area contributed by atoms with Gasteiger partial charge in [0.05, 0.1) is 0 Å². The first-order chi connectivity index (χ1) is 9.56. The Kier molecular flexibility index (Phi) is 7.12. The van der Waals surface area contributed by atoms with Crippen LogP contribution in [0.5, 0.6) is 0 Å². The van der Waals surface area contributed by atoms with Crippen LogP contribution < -0.4 is 11.1 Å².